The molecule has 3 aliphatic carbocycles. The van der Waals surface area contributed by atoms with Crippen LogP contribution in [0, 0.1) is 29.1 Å². The predicted molar refractivity (Wildman–Crippen MR) is 120 cm³/mol. The van der Waals surface area contributed by atoms with E-state index in [2.05, 4.69) is 50.5 Å². The molecule has 0 heterocycles. The van der Waals surface area contributed by atoms with Gasteiger partial charge in [0, 0.05) is 6.42 Å². The monoisotopic (exact) mass is 378 g/mol. The van der Waals surface area contributed by atoms with Crippen molar-refractivity contribution in [1.29, 1.82) is 0 Å². The van der Waals surface area contributed by atoms with Crippen LogP contribution in [0.5, 0.6) is 0 Å². The first kappa shape index (κ1) is 21.2. The summed E-state index contributed by atoms with van der Waals surface area (Å²) in [6, 6.07) is 0. The zero-order valence-corrected chi connectivity index (χ0v) is 18.4. The van der Waals surface area contributed by atoms with Crippen molar-refractivity contribution in [3.63, 3.8) is 0 Å². The van der Waals surface area contributed by atoms with E-state index in [1.165, 1.54) is 62.5 Å². The molecular formula is C27H38O. The zero-order chi connectivity index (χ0) is 20.4. The fraction of sp³-hybridized carbons (Fsp3) is 0.630. The average Bonchev–Trinajstić information content (AvgIpc) is 2.97. The second kappa shape index (κ2) is 8.46. The Bertz CT molecular complexity index is 758. The maximum absolute atomic E-state index is 9.85. The largest absolute Gasteiger partial charge is 0.378 e. The van der Waals surface area contributed by atoms with Crippen LogP contribution in [-0.2, 0) is 0 Å². The second-order valence-electron chi connectivity index (χ2n) is 9.93. The van der Waals surface area contributed by atoms with Crippen molar-refractivity contribution in [3.05, 3.63) is 47.1 Å². The van der Waals surface area contributed by atoms with Crippen molar-refractivity contribution in [1.82, 2.24) is 0 Å². The first-order valence-electron chi connectivity index (χ1n) is 11.2. The summed E-state index contributed by atoms with van der Waals surface area (Å²) in [7, 11) is 0. The molecule has 0 aliphatic heterocycles. The van der Waals surface area contributed by atoms with Crippen LogP contribution in [0.2, 0.25) is 0 Å². The molecule has 28 heavy (non-hydrogen) atoms. The van der Waals surface area contributed by atoms with Gasteiger partial charge in [0.05, 0.1) is 0 Å². The molecule has 1 unspecified atom stereocenters. The Hall–Kier alpha value is -1.52. The number of aliphatic hydroxyl groups is 1. The van der Waals surface area contributed by atoms with E-state index in [4.69, 9.17) is 0 Å². The average molecular weight is 379 g/mol. The fourth-order valence-electron chi connectivity index (χ4n) is 5.55. The minimum atomic E-state index is -0.895. The molecule has 3 atom stereocenters. The van der Waals surface area contributed by atoms with Crippen LogP contribution in [-0.4, -0.2) is 10.7 Å². The van der Waals surface area contributed by atoms with E-state index in [-0.39, 0.29) is 5.41 Å². The molecular weight excluding hydrogens is 340 g/mol. The Labute approximate surface area is 172 Å². The first-order valence-corrected chi connectivity index (χ1v) is 11.2. The van der Waals surface area contributed by atoms with Gasteiger partial charge in [-0.1, -0.05) is 67.2 Å². The van der Waals surface area contributed by atoms with Gasteiger partial charge in [-0.15, -0.1) is 0 Å². The lowest BCUT2D eigenvalue weighted by atomic mass is 9.62. The van der Waals surface area contributed by atoms with Crippen molar-refractivity contribution in [2.45, 2.75) is 91.1 Å². The third-order valence-electron chi connectivity index (χ3n) is 7.07. The van der Waals surface area contributed by atoms with Gasteiger partial charge in [0.25, 0.3) is 0 Å². The Morgan fingerprint density at radius 1 is 1.25 bits per heavy atom. The Balaban J connectivity index is 1.74. The zero-order valence-electron chi connectivity index (χ0n) is 18.4. The highest BCUT2D eigenvalue weighted by Gasteiger charge is 2.45. The molecule has 0 aromatic carbocycles. The summed E-state index contributed by atoms with van der Waals surface area (Å²) in [5, 5.41) is 9.85. The molecule has 2 saturated carbocycles. The molecule has 0 aromatic heterocycles. The van der Waals surface area contributed by atoms with E-state index in [0.29, 0.717) is 11.8 Å². The maximum Gasteiger partial charge on any atom is 0.119 e. The third-order valence-corrected chi connectivity index (χ3v) is 7.07. The normalized spacial score (nSPS) is 32.0. The van der Waals surface area contributed by atoms with Crippen molar-refractivity contribution in [3.8, 4) is 11.8 Å². The Morgan fingerprint density at radius 3 is 2.71 bits per heavy atom. The lowest BCUT2D eigenvalue weighted by Crippen LogP contribution is -2.32. The topological polar surface area (TPSA) is 20.2 Å². The van der Waals surface area contributed by atoms with Gasteiger partial charge < -0.3 is 5.11 Å². The smallest absolute Gasteiger partial charge is 0.119 e. The van der Waals surface area contributed by atoms with Crippen molar-refractivity contribution in [2.75, 3.05) is 0 Å². The molecule has 3 rings (SSSR count). The van der Waals surface area contributed by atoms with Crippen molar-refractivity contribution in [2.24, 2.45) is 17.3 Å². The predicted octanol–water partition coefficient (Wildman–Crippen LogP) is 6.91. The minimum absolute atomic E-state index is 0.280. The van der Waals surface area contributed by atoms with Crippen LogP contribution in [0.4, 0.5) is 0 Å². The highest BCUT2D eigenvalue weighted by Crippen LogP contribution is 2.56. The quantitative estimate of drug-likeness (QED) is 0.418. The Morgan fingerprint density at radius 2 is 2.00 bits per heavy atom. The molecule has 0 spiro atoms. The molecule has 0 amide bonds. The highest BCUT2D eigenvalue weighted by molar-refractivity contribution is 5.38. The lowest BCUT2D eigenvalue weighted by molar-refractivity contribution is 0.143. The SMILES string of the molecule is C=C1CCCC/C1=C/C=C1\CCC[C@]2(C)C([C@H](C)CC#CC(C)(C)O)=CCC12. The molecule has 0 aromatic rings. The summed E-state index contributed by atoms with van der Waals surface area (Å²) in [6.07, 6.45) is 18.1. The molecule has 3 aliphatic rings. The number of hydrogen-bond acceptors (Lipinski definition) is 1. The molecule has 0 bridgehead atoms. The van der Waals surface area contributed by atoms with Crippen molar-refractivity contribution >= 4 is 0 Å². The molecule has 0 radical (unpaired) electrons. The van der Waals surface area contributed by atoms with E-state index in [1.54, 1.807) is 25.0 Å². The minimum Gasteiger partial charge on any atom is -0.378 e. The van der Waals surface area contributed by atoms with Crippen LogP contribution in [0.25, 0.3) is 0 Å². The third kappa shape index (κ3) is 4.72. The summed E-state index contributed by atoms with van der Waals surface area (Å²) in [6.45, 7) is 12.6. The first-order chi connectivity index (χ1) is 13.2. The van der Waals surface area contributed by atoms with Crippen molar-refractivity contribution < 1.29 is 5.11 Å². The van der Waals surface area contributed by atoms with Gasteiger partial charge in [-0.3, -0.25) is 0 Å². The summed E-state index contributed by atoms with van der Waals surface area (Å²) in [4.78, 5) is 0. The number of allylic oxidation sites excluding steroid dienone is 7. The molecule has 2 fully saturated rings. The number of hydrogen-bond donors (Lipinski definition) is 1. The summed E-state index contributed by atoms with van der Waals surface area (Å²) < 4.78 is 0. The molecule has 1 N–H and O–H groups in total. The second-order valence-corrected chi connectivity index (χ2v) is 9.93. The van der Waals surface area contributed by atoms with Gasteiger partial charge in [-0.05, 0) is 88.0 Å². The molecule has 152 valence electrons. The van der Waals surface area contributed by atoms with Gasteiger partial charge in [0.15, 0.2) is 0 Å². The van der Waals surface area contributed by atoms with Crippen LogP contribution in [0.1, 0.15) is 85.5 Å². The van der Waals surface area contributed by atoms with E-state index in [9.17, 15) is 5.11 Å². The van der Waals surface area contributed by atoms with Gasteiger partial charge in [0.1, 0.15) is 5.60 Å². The summed E-state index contributed by atoms with van der Waals surface area (Å²) in [5.74, 6) is 7.31. The van der Waals surface area contributed by atoms with E-state index in [0.717, 1.165) is 6.42 Å². The van der Waals surface area contributed by atoms with Crippen LogP contribution in [0.15, 0.2) is 47.1 Å². The standard InChI is InChI=1S/C27H38O/c1-20-10-6-7-12-22(20)14-15-23-13-9-19-27(5)24(16-17-25(23)27)21(2)11-8-18-26(3,4)28/h14-16,21,25,28H,1,6-7,9-13,17,19H2,2-5H3/b22-14-,23-15+/t21-,25?,27-/m1/s1. The molecule has 1 heteroatoms. The number of rotatable bonds is 3. The van der Waals surface area contributed by atoms with Crippen LogP contribution >= 0.6 is 0 Å². The fourth-order valence-corrected chi connectivity index (χ4v) is 5.55. The van der Waals surface area contributed by atoms with E-state index < -0.39 is 5.60 Å². The van der Waals surface area contributed by atoms with Crippen LogP contribution in [0.3, 0.4) is 0 Å². The van der Waals surface area contributed by atoms with Gasteiger partial charge in [0.2, 0.25) is 0 Å². The maximum atomic E-state index is 9.85. The van der Waals surface area contributed by atoms with Gasteiger partial charge >= 0.3 is 0 Å². The molecule has 1 nitrogen and oxygen atoms in total. The summed E-state index contributed by atoms with van der Waals surface area (Å²) in [5.41, 5.74) is 5.46. The van der Waals surface area contributed by atoms with Gasteiger partial charge in [-0.25, -0.2) is 0 Å². The van der Waals surface area contributed by atoms with Crippen LogP contribution < -0.4 is 0 Å². The van der Waals surface area contributed by atoms with Gasteiger partial charge in [-0.2, -0.15) is 0 Å². The number of fused-ring (bicyclic) bond motifs is 1. The lowest BCUT2D eigenvalue weighted by Gasteiger charge is -2.42. The summed E-state index contributed by atoms with van der Waals surface area (Å²) >= 11 is 0. The Kier molecular flexibility index (Phi) is 6.41. The highest BCUT2D eigenvalue weighted by atomic mass is 16.3. The molecule has 0 saturated heterocycles. The van der Waals surface area contributed by atoms with E-state index >= 15 is 0 Å². The van der Waals surface area contributed by atoms with E-state index in [1.807, 2.05) is 0 Å².